The molecule has 2 aromatic rings. The third kappa shape index (κ3) is 8.33. The molecule has 0 aromatic heterocycles. The van der Waals surface area contributed by atoms with Gasteiger partial charge in [0.2, 0.25) is 11.8 Å². The minimum atomic E-state index is -0.578. The van der Waals surface area contributed by atoms with E-state index in [-0.39, 0.29) is 24.2 Å². The number of nitrogens with zero attached hydrogens (tertiary/aromatic N) is 2. The Kier molecular flexibility index (Phi) is 11.2. The van der Waals surface area contributed by atoms with E-state index in [1.807, 2.05) is 24.3 Å². The number of esters is 1. The Balaban J connectivity index is 1.77. The Morgan fingerprint density at radius 1 is 1.06 bits per heavy atom. The highest BCUT2D eigenvalue weighted by Crippen LogP contribution is 2.30. The van der Waals surface area contributed by atoms with E-state index in [0.717, 1.165) is 29.3 Å². The highest BCUT2D eigenvalue weighted by Gasteiger charge is 2.35. The van der Waals surface area contributed by atoms with Crippen LogP contribution in [0.2, 0.25) is 0 Å². The molecule has 1 fully saturated rings. The normalized spacial score (nSPS) is 16.8. The quantitative estimate of drug-likeness (QED) is 0.178. The van der Waals surface area contributed by atoms with E-state index in [1.54, 1.807) is 36.1 Å². The summed E-state index contributed by atoms with van der Waals surface area (Å²) in [6.45, 7) is 4.81. The van der Waals surface area contributed by atoms with Gasteiger partial charge in [-0.2, -0.15) is 0 Å². The zero-order valence-electron chi connectivity index (χ0n) is 20.7. The molecular formula is C27H32IN3O4S. The number of unbranched alkanes of at least 4 members (excludes halogenated alkanes) is 4. The second kappa shape index (κ2) is 14.4. The summed E-state index contributed by atoms with van der Waals surface area (Å²) < 4.78 is 6.12. The van der Waals surface area contributed by atoms with Crippen LogP contribution in [0.15, 0.2) is 53.5 Å². The van der Waals surface area contributed by atoms with Crippen molar-refractivity contribution in [1.29, 1.82) is 0 Å². The lowest BCUT2D eigenvalue weighted by Gasteiger charge is -2.32. The number of ether oxygens (including phenoxy) is 1. The largest absolute Gasteiger partial charge is 0.462 e. The van der Waals surface area contributed by atoms with Gasteiger partial charge in [-0.25, -0.2) is 9.79 Å². The zero-order valence-corrected chi connectivity index (χ0v) is 23.6. The molecule has 7 nitrogen and oxygen atoms in total. The lowest BCUT2D eigenvalue weighted by Crippen LogP contribution is -2.45. The van der Waals surface area contributed by atoms with E-state index in [9.17, 15) is 14.4 Å². The maximum atomic E-state index is 13.1. The first-order valence-corrected chi connectivity index (χ1v) is 14.3. The maximum Gasteiger partial charge on any atom is 0.338 e. The number of nitrogens with one attached hydrogen (secondary N) is 1. The SMILES string of the molecule is CCCCCCCN1C(=O)CC(C(=O)Nc2ccc(I)cc2)SC1=Nc1ccc(C(=O)OCC)cc1. The Morgan fingerprint density at radius 2 is 1.75 bits per heavy atom. The van der Waals surface area contributed by atoms with E-state index in [2.05, 4.69) is 34.8 Å². The number of amides is 2. The van der Waals surface area contributed by atoms with Crippen LogP contribution in [0.4, 0.5) is 11.4 Å². The van der Waals surface area contributed by atoms with E-state index in [1.165, 1.54) is 18.2 Å². The number of amidine groups is 1. The molecule has 0 aliphatic carbocycles. The zero-order chi connectivity index (χ0) is 25.9. The Morgan fingerprint density at radius 3 is 2.42 bits per heavy atom. The third-order valence-corrected chi connectivity index (χ3v) is 7.54. The minimum absolute atomic E-state index is 0.103. The molecule has 1 saturated heterocycles. The molecular weight excluding hydrogens is 589 g/mol. The summed E-state index contributed by atoms with van der Waals surface area (Å²) in [4.78, 5) is 44.5. The van der Waals surface area contributed by atoms with Crippen LogP contribution in [0.25, 0.3) is 0 Å². The number of thioether (sulfide) groups is 1. The number of benzene rings is 2. The van der Waals surface area contributed by atoms with Crippen molar-refractivity contribution in [3.05, 3.63) is 57.7 Å². The molecule has 1 atom stereocenters. The van der Waals surface area contributed by atoms with Gasteiger partial charge in [-0.1, -0.05) is 44.4 Å². The molecule has 2 amide bonds. The topological polar surface area (TPSA) is 88.1 Å². The molecule has 0 radical (unpaired) electrons. The molecule has 0 spiro atoms. The van der Waals surface area contributed by atoms with Crippen molar-refractivity contribution < 1.29 is 19.1 Å². The number of hydrogen-bond acceptors (Lipinski definition) is 6. The van der Waals surface area contributed by atoms with Gasteiger partial charge in [0.25, 0.3) is 0 Å². The highest BCUT2D eigenvalue weighted by atomic mass is 127. The van der Waals surface area contributed by atoms with Crippen LogP contribution >= 0.6 is 34.4 Å². The Labute approximate surface area is 230 Å². The molecule has 1 aliphatic heterocycles. The number of rotatable bonds is 11. The number of carbonyl (C=O) groups is 3. The third-order valence-electron chi connectivity index (χ3n) is 5.63. The summed E-state index contributed by atoms with van der Waals surface area (Å²) >= 11 is 3.52. The molecule has 0 bridgehead atoms. The van der Waals surface area contributed by atoms with Gasteiger partial charge in [-0.05, 0) is 84.5 Å². The van der Waals surface area contributed by atoms with Crippen molar-refractivity contribution in [3.8, 4) is 0 Å². The number of hydrogen-bond donors (Lipinski definition) is 1. The van der Waals surface area contributed by atoms with Crippen LogP contribution in [-0.2, 0) is 14.3 Å². The minimum Gasteiger partial charge on any atom is -0.462 e. The van der Waals surface area contributed by atoms with E-state index in [4.69, 9.17) is 9.73 Å². The van der Waals surface area contributed by atoms with Crippen LogP contribution in [0.1, 0.15) is 62.7 Å². The fraction of sp³-hybridized carbons (Fsp3) is 0.407. The lowest BCUT2D eigenvalue weighted by molar-refractivity contribution is -0.129. The fourth-order valence-electron chi connectivity index (χ4n) is 3.69. The summed E-state index contributed by atoms with van der Waals surface area (Å²) in [5, 5.41) is 2.85. The molecule has 1 unspecified atom stereocenters. The summed E-state index contributed by atoms with van der Waals surface area (Å²) in [6, 6.07) is 14.3. The lowest BCUT2D eigenvalue weighted by atomic mass is 10.1. The van der Waals surface area contributed by atoms with Crippen molar-refractivity contribution in [2.45, 2.75) is 57.6 Å². The van der Waals surface area contributed by atoms with Crippen LogP contribution in [0.5, 0.6) is 0 Å². The predicted molar refractivity (Wildman–Crippen MR) is 154 cm³/mol. The maximum absolute atomic E-state index is 13.1. The van der Waals surface area contributed by atoms with Gasteiger partial charge in [0.1, 0.15) is 5.25 Å². The van der Waals surface area contributed by atoms with Crippen molar-refractivity contribution in [1.82, 2.24) is 4.90 Å². The van der Waals surface area contributed by atoms with Crippen LogP contribution in [0.3, 0.4) is 0 Å². The first kappa shape index (κ1) is 28.2. The van der Waals surface area contributed by atoms with Crippen molar-refractivity contribution >= 4 is 68.7 Å². The summed E-state index contributed by atoms with van der Waals surface area (Å²) in [6.07, 6.45) is 5.51. The van der Waals surface area contributed by atoms with Gasteiger partial charge in [0, 0.05) is 22.2 Å². The molecule has 1 heterocycles. The predicted octanol–water partition coefficient (Wildman–Crippen LogP) is 6.40. The molecule has 3 rings (SSSR count). The molecule has 192 valence electrons. The highest BCUT2D eigenvalue weighted by molar-refractivity contribution is 14.1. The van der Waals surface area contributed by atoms with E-state index >= 15 is 0 Å². The first-order chi connectivity index (χ1) is 17.4. The molecule has 1 aliphatic rings. The second-order valence-electron chi connectivity index (χ2n) is 8.43. The summed E-state index contributed by atoms with van der Waals surface area (Å²) in [7, 11) is 0. The van der Waals surface area contributed by atoms with Crippen LogP contribution in [0, 0.1) is 3.57 Å². The smallest absolute Gasteiger partial charge is 0.338 e. The fourth-order valence-corrected chi connectivity index (χ4v) is 5.17. The number of anilines is 1. The van der Waals surface area contributed by atoms with Gasteiger partial charge in [0.05, 0.1) is 17.9 Å². The average molecular weight is 622 g/mol. The van der Waals surface area contributed by atoms with Crippen LogP contribution < -0.4 is 5.32 Å². The summed E-state index contributed by atoms with van der Waals surface area (Å²) in [5.74, 6) is -0.712. The second-order valence-corrected chi connectivity index (χ2v) is 10.8. The van der Waals surface area contributed by atoms with Gasteiger partial charge < -0.3 is 10.1 Å². The molecule has 9 heteroatoms. The van der Waals surface area contributed by atoms with Crippen molar-refractivity contribution in [2.75, 3.05) is 18.5 Å². The van der Waals surface area contributed by atoms with Crippen molar-refractivity contribution in [2.24, 2.45) is 4.99 Å². The first-order valence-electron chi connectivity index (χ1n) is 12.3. The van der Waals surface area contributed by atoms with E-state index < -0.39 is 5.25 Å². The number of aliphatic imine (C=N–C) groups is 1. The van der Waals surface area contributed by atoms with Crippen LogP contribution in [-0.4, -0.2) is 46.3 Å². The van der Waals surface area contributed by atoms with Gasteiger partial charge in [-0.3, -0.25) is 14.5 Å². The Hall–Kier alpha value is -2.40. The average Bonchev–Trinajstić information content (AvgIpc) is 2.87. The Bertz CT molecular complexity index is 1070. The molecule has 1 N–H and O–H groups in total. The van der Waals surface area contributed by atoms with Crippen molar-refractivity contribution in [3.63, 3.8) is 0 Å². The van der Waals surface area contributed by atoms with Gasteiger partial charge in [-0.15, -0.1) is 0 Å². The van der Waals surface area contributed by atoms with Gasteiger partial charge in [0.15, 0.2) is 5.17 Å². The van der Waals surface area contributed by atoms with Gasteiger partial charge >= 0.3 is 5.97 Å². The standard InChI is InChI=1S/C27H32IN3O4S/c1-3-5-6-7-8-17-31-24(32)18-23(25(33)29-21-15-11-20(28)12-16-21)36-27(31)30-22-13-9-19(10-14-22)26(34)35-4-2/h9-16,23H,3-8,17-18H2,1-2H3,(H,29,33). The summed E-state index contributed by atoms with van der Waals surface area (Å²) in [5.41, 5.74) is 1.74. The monoisotopic (exact) mass is 621 g/mol. The van der Waals surface area contributed by atoms with E-state index in [0.29, 0.717) is 35.3 Å². The number of carbonyl (C=O) groups excluding carboxylic acids is 3. The molecule has 2 aromatic carbocycles. The molecule has 0 saturated carbocycles. The number of halogens is 1. The molecule has 36 heavy (non-hydrogen) atoms.